The van der Waals surface area contributed by atoms with Crippen LogP contribution >= 0.6 is 0 Å². The summed E-state index contributed by atoms with van der Waals surface area (Å²) >= 11 is 0. The molecule has 0 radical (unpaired) electrons. The standard InChI is InChI=1S/C17H26N6O2/c1-11(2)16-21-20-15(24-16)8-18-13-4-3-7-23(9-13)10-14-19-17(25-22-14)12-5-6-12/h11-13,18H,3-10H2,1-2H3/t13-/m1/s1. The van der Waals surface area contributed by atoms with Crippen molar-refractivity contribution in [1.29, 1.82) is 0 Å². The van der Waals surface area contributed by atoms with Gasteiger partial charge >= 0.3 is 0 Å². The van der Waals surface area contributed by atoms with Crippen LogP contribution < -0.4 is 5.32 Å². The van der Waals surface area contributed by atoms with E-state index < -0.39 is 0 Å². The minimum atomic E-state index is 0.266. The predicted molar refractivity (Wildman–Crippen MR) is 89.8 cm³/mol. The van der Waals surface area contributed by atoms with Gasteiger partial charge in [0.15, 0.2) is 5.82 Å². The number of piperidine rings is 1. The molecule has 2 aromatic heterocycles. The number of rotatable bonds is 7. The van der Waals surface area contributed by atoms with Gasteiger partial charge in [-0.25, -0.2) is 0 Å². The van der Waals surface area contributed by atoms with Crippen molar-refractivity contribution >= 4 is 0 Å². The van der Waals surface area contributed by atoms with Crippen LogP contribution in [0.25, 0.3) is 0 Å². The van der Waals surface area contributed by atoms with Crippen molar-refractivity contribution < 1.29 is 8.94 Å². The zero-order valence-corrected chi connectivity index (χ0v) is 14.9. The average Bonchev–Trinajstić information content (AvgIpc) is 3.16. The SMILES string of the molecule is CC(C)c1nnc(CN[C@@H]2CCCN(Cc3noc(C4CC4)n3)C2)o1. The first kappa shape index (κ1) is 16.7. The topological polar surface area (TPSA) is 93.1 Å². The first-order valence-corrected chi connectivity index (χ1v) is 9.28. The van der Waals surface area contributed by atoms with E-state index in [4.69, 9.17) is 8.94 Å². The first-order valence-electron chi connectivity index (χ1n) is 9.28. The largest absolute Gasteiger partial charge is 0.424 e. The molecule has 1 aliphatic carbocycles. The Morgan fingerprint density at radius 3 is 2.88 bits per heavy atom. The molecule has 0 amide bonds. The second-order valence-corrected chi connectivity index (χ2v) is 7.47. The van der Waals surface area contributed by atoms with E-state index in [1.54, 1.807) is 0 Å². The fourth-order valence-corrected chi connectivity index (χ4v) is 3.20. The van der Waals surface area contributed by atoms with E-state index in [1.165, 1.54) is 12.8 Å². The van der Waals surface area contributed by atoms with Crippen LogP contribution in [0.15, 0.2) is 8.94 Å². The molecule has 0 spiro atoms. The Bertz CT molecular complexity index is 693. The van der Waals surface area contributed by atoms with Gasteiger partial charge in [0.1, 0.15) is 0 Å². The number of nitrogens with zero attached hydrogens (tertiary/aromatic N) is 5. The summed E-state index contributed by atoms with van der Waals surface area (Å²) in [6.07, 6.45) is 4.68. The smallest absolute Gasteiger partial charge is 0.230 e. The lowest BCUT2D eigenvalue weighted by Gasteiger charge is -2.32. The van der Waals surface area contributed by atoms with Gasteiger partial charge in [-0.05, 0) is 32.2 Å². The maximum atomic E-state index is 5.66. The van der Waals surface area contributed by atoms with Gasteiger partial charge < -0.3 is 14.3 Å². The summed E-state index contributed by atoms with van der Waals surface area (Å²) in [5, 5.41) is 15.9. The molecule has 1 atom stereocenters. The summed E-state index contributed by atoms with van der Waals surface area (Å²) in [4.78, 5) is 6.92. The van der Waals surface area contributed by atoms with Crippen LogP contribution in [0.5, 0.6) is 0 Å². The summed E-state index contributed by atoms with van der Waals surface area (Å²) in [5.74, 6) is 3.77. The van der Waals surface area contributed by atoms with Crippen LogP contribution in [0.4, 0.5) is 0 Å². The highest BCUT2D eigenvalue weighted by Crippen LogP contribution is 2.38. The third-order valence-corrected chi connectivity index (χ3v) is 4.80. The van der Waals surface area contributed by atoms with Crippen molar-refractivity contribution in [3.63, 3.8) is 0 Å². The molecule has 136 valence electrons. The lowest BCUT2D eigenvalue weighted by Crippen LogP contribution is -2.45. The predicted octanol–water partition coefficient (Wildman–Crippen LogP) is 2.21. The second-order valence-electron chi connectivity index (χ2n) is 7.47. The van der Waals surface area contributed by atoms with Gasteiger partial charge in [-0.15, -0.1) is 10.2 Å². The Morgan fingerprint density at radius 2 is 2.12 bits per heavy atom. The summed E-state index contributed by atoms with van der Waals surface area (Å²) in [7, 11) is 0. The molecule has 0 aromatic carbocycles. The van der Waals surface area contributed by atoms with Crippen LogP contribution in [-0.4, -0.2) is 44.4 Å². The molecular weight excluding hydrogens is 320 g/mol. The van der Waals surface area contributed by atoms with Gasteiger partial charge in [0.2, 0.25) is 17.7 Å². The summed E-state index contributed by atoms with van der Waals surface area (Å²) in [6.45, 7) is 7.52. The number of aromatic nitrogens is 4. The van der Waals surface area contributed by atoms with Gasteiger partial charge in [0.25, 0.3) is 0 Å². The molecule has 8 nitrogen and oxygen atoms in total. The number of nitrogens with one attached hydrogen (secondary N) is 1. The molecule has 4 rings (SSSR count). The van der Waals surface area contributed by atoms with Crippen molar-refractivity contribution in [2.75, 3.05) is 13.1 Å². The van der Waals surface area contributed by atoms with E-state index in [9.17, 15) is 0 Å². The Morgan fingerprint density at radius 1 is 1.24 bits per heavy atom. The normalized spacial score (nSPS) is 22.0. The second kappa shape index (κ2) is 7.21. The van der Waals surface area contributed by atoms with Crippen molar-refractivity contribution in [2.45, 2.75) is 70.5 Å². The molecule has 0 bridgehead atoms. The van der Waals surface area contributed by atoms with Gasteiger partial charge in [-0.3, -0.25) is 4.90 Å². The van der Waals surface area contributed by atoms with E-state index in [0.29, 0.717) is 30.3 Å². The van der Waals surface area contributed by atoms with Crippen molar-refractivity contribution in [1.82, 2.24) is 30.6 Å². The third-order valence-electron chi connectivity index (χ3n) is 4.80. The highest BCUT2D eigenvalue weighted by atomic mass is 16.5. The van der Waals surface area contributed by atoms with E-state index in [0.717, 1.165) is 44.2 Å². The molecule has 1 saturated heterocycles. The Balaban J connectivity index is 1.26. The molecule has 0 unspecified atom stereocenters. The molecular formula is C17H26N6O2. The van der Waals surface area contributed by atoms with Crippen LogP contribution in [0.3, 0.4) is 0 Å². The third kappa shape index (κ3) is 4.24. The van der Waals surface area contributed by atoms with E-state index in [-0.39, 0.29) is 5.92 Å². The number of hydrogen-bond acceptors (Lipinski definition) is 8. The average molecular weight is 346 g/mol. The summed E-state index contributed by atoms with van der Waals surface area (Å²) < 4.78 is 11.0. The molecule has 1 saturated carbocycles. The fourth-order valence-electron chi connectivity index (χ4n) is 3.20. The minimum absolute atomic E-state index is 0.266. The van der Waals surface area contributed by atoms with Crippen LogP contribution in [0.1, 0.15) is 74.9 Å². The highest BCUT2D eigenvalue weighted by Gasteiger charge is 2.30. The van der Waals surface area contributed by atoms with Crippen LogP contribution in [-0.2, 0) is 13.1 Å². The van der Waals surface area contributed by atoms with Crippen LogP contribution in [0.2, 0.25) is 0 Å². The van der Waals surface area contributed by atoms with E-state index >= 15 is 0 Å². The molecule has 2 aliphatic rings. The molecule has 3 heterocycles. The molecule has 1 N–H and O–H groups in total. The van der Waals surface area contributed by atoms with Crippen molar-refractivity contribution in [2.24, 2.45) is 0 Å². The summed E-state index contributed by atoms with van der Waals surface area (Å²) in [5.41, 5.74) is 0. The molecule has 2 fully saturated rings. The lowest BCUT2D eigenvalue weighted by molar-refractivity contribution is 0.175. The van der Waals surface area contributed by atoms with Gasteiger partial charge in [-0.1, -0.05) is 19.0 Å². The molecule has 8 heteroatoms. The number of likely N-dealkylation sites (tertiary alicyclic amines) is 1. The zero-order valence-electron chi connectivity index (χ0n) is 14.9. The van der Waals surface area contributed by atoms with Crippen LogP contribution in [0, 0.1) is 0 Å². The molecule has 25 heavy (non-hydrogen) atoms. The van der Waals surface area contributed by atoms with Crippen molar-refractivity contribution in [3.8, 4) is 0 Å². The first-order chi connectivity index (χ1) is 12.2. The van der Waals surface area contributed by atoms with E-state index in [1.807, 2.05) is 0 Å². The van der Waals surface area contributed by atoms with Crippen molar-refractivity contribution in [3.05, 3.63) is 23.5 Å². The molecule has 2 aromatic rings. The zero-order chi connectivity index (χ0) is 17.2. The number of hydrogen-bond donors (Lipinski definition) is 1. The molecule has 1 aliphatic heterocycles. The monoisotopic (exact) mass is 346 g/mol. The quantitative estimate of drug-likeness (QED) is 0.815. The Kier molecular flexibility index (Phi) is 4.80. The maximum Gasteiger partial charge on any atom is 0.230 e. The maximum absolute atomic E-state index is 5.66. The van der Waals surface area contributed by atoms with Gasteiger partial charge in [0.05, 0.1) is 13.1 Å². The summed E-state index contributed by atoms with van der Waals surface area (Å²) in [6, 6.07) is 0.415. The lowest BCUT2D eigenvalue weighted by atomic mass is 10.1. The highest BCUT2D eigenvalue weighted by molar-refractivity contribution is 5.02. The van der Waals surface area contributed by atoms with Gasteiger partial charge in [0, 0.05) is 24.4 Å². The van der Waals surface area contributed by atoms with Gasteiger partial charge in [-0.2, -0.15) is 4.98 Å². The Hall–Kier alpha value is -1.80. The fraction of sp³-hybridized carbons (Fsp3) is 0.765. The minimum Gasteiger partial charge on any atom is -0.424 e. The Labute approximate surface area is 147 Å². The van der Waals surface area contributed by atoms with E-state index in [2.05, 4.69) is 44.4 Å².